The first-order valence-electron chi connectivity index (χ1n) is 5.75. The van der Waals surface area contributed by atoms with Crippen LogP contribution in [0.25, 0.3) is 0 Å². The molecule has 0 bridgehead atoms. The van der Waals surface area contributed by atoms with Crippen molar-refractivity contribution in [3.63, 3.8) is 0 Å². The molecule has 1 saturated carbocycles. The van der Waals surface area contributed by atoms with Gasteiger partial charge in [-0.1, -0.05) is 6.42 Å². The number of hydrogen-bond donors (Lipinski definition) is 2. The molecule has 1 aromatic heterocycles. The minimum absolute atomic E-state index is 0.260. The average molecular weight is 255 g/mol. The Morgan fingerprint density at radius 2 is 2.24 bits per heavy atom. The van der Waals surface area contributed by atoms with Gasteiger partial charge in [-0.2, -0.15) is 0 Å². The molecule has 5 nitrogen and oxygen atoms in total. The Bertz CT molecular complexity index is 483. The normalized spacial score (nSPS) is 16.5. The van der Waals surface area contributed by atoms with Crippen molar-refractivity contribution >= 4 is 15.8 Å². The van der Waals surface area contributed by atoms with Crippen LogP contribution in [0.3, 0.4) is 0 Å². The zero-order chi connectivity index (χ0) is 12.3. The number of anilines is 1. The summed E-state index contributed by atoms with van der Waals surface area (Å²) in [6.07, 6.45) is 4.95. The van der Waals surface area contributed by atoms with E-state index in [4.69, 9.17) is 0 Å². The summed E-state index contributed by atoms with van der Waals surface area (Å²) in [5.74, 6) is 1.06. The molecule has 1 aromatic rings. The summed E-state index contributed by atoms with van der Waals surface area (Å²) in [5, 5.41) is 2.82. The van der Waals surface area contributed by atoms with Gasteiger partial charge in [0.05, 0.1) is 4.90 Å². The molecule has 0 aromatic carbocycles. The number of hydrogen-bond acceptors (Lipinski definition) is 4. The highest BCUT2D eigenvalue weighted by atomic mass is 32.2. The van der Waals surface area contributed by atoms with Crippen LogP contribution in [0.15, 0.2) is 23.2 Å². The summed E-state index contributed by atoms with van der Waals surface area (Å²) >= 11 is 0. The van der Waals surface area contributed by atoms with E-state index in [0.717, 1.165) is 12.8 Å². The molecule has 1 aliphatic rings. The van der Waals surface area contributed by atoms with Gasteiger partial charge in [0, 0.05) is 25.9 Å². The van der Waals surface area contributed by atoms with Crippen molar-refractivity contribution < 1.29 is 8.42 Å². The molecular formula is C11H17N3O2S. The second kappa shape index (κ2) is 5.01. The average Bonchev–Trinajstić information content (AvgIpc) is 2.27. The molecule has 0 radical (unpaired) electrons. The number of nitrogens with one attached hydrogen (secondary N) is 2. The standard InChI is InChI=1S/C11H17N3O2S/c1-12-11-7-10(5-6-13-11)17(15,16)14-8-9-3-2-4-9/h5-7,9,14H,2-4,8H2,1H3,(H,12,13). The van der Waals surface area contributed by atoms with Crippen molar-refractivity contribution in [2.45, 2.75) is 24.2 Å². The molecule has 0 atom stereocenters. The van der Waals surface area contributed by atoms with E-state index < -0.39 is 10.0 Å². The molecule has 0 saturated heterocycles. The highest BCUT2D eigenvalue weighted by Crippen LogP contribution is 2.25. The summed E-state index contributed by atoms with van der Waals surface area (Å²) in [6.45, 7) is 0.541. The molecule has 2 rings (SSSR count). The van der Waals surface area contributed by atoms with E-state index in [0.29, 0.717) is 18.3 Å². The summed E-state index contributed by atoms with van der Waals surface area (Å²) in [7, 11) is -1.69. The van der Waals surface area contributed by atoms with Crippen molar-refractivity contribution in [1.82, 2.24) is 9.71 Å². The fourth-order valence-electron chi connectivity index (χ4n) is 1.72. The molecule has 0 unspecified atom stereocenters. The number of nitrogens with zero attached hydrogens (tertiary/aromatic N) is 1. The van der Waals surface area contributed by atoms with Crippen LogP contribution in [0.1, 0.15) is 19.3 Å². The molecule has 6 heteroatoms. The Balaban J connectivity index is 2.07. The highest BCUT2D eigenvalue weighted by molar-refractivity contribution is 7.89. The van der Waals surface area contributed by atoms with Gasteiger partial charge < -0.3 is 5.32 Å². The van der Waals surface area contributed by atoms with E-state index in [-0.39, 0.29) is 4.90 Å². The van der Waals surface area contributed by atoms with Crippen LogP contribution in [-0.4, -0.2) is 27.0 Å². The molecular weight excluding hydrogens is 238 g/mol. The lowest BCUT2D eigenvalue weighted by Crippen LogP contribution is -2.32. The van der Waals surface area contributed by atoms with Crippen molar-refractivity contribution in [3.05, 3.63) is 18.3 Å². The minimum atomic E-state index is -3.39. The van der Waals surface area contributed by atoms with Crippen LogP contribution in [0.4, 0.5) is 5.82 Å². The quantitative estimate of drug-likeness (QED) is 0.829. The Hall–Kier alpha value is -1.14. The van der Waals surface area contributed by atoms with Gasteiger partial charge in [-0.15, -0.1) is 0 Å². The Kier molecular flexibility index (Phi) is 3.63. The summed E-state index contributed by atoms with van der Waals surface area (Å²) < 4.78 is 26.6. The van der Waals surface area contributed by atoms with E-state index in [1.165, 1.54) is 24.8 Å². The zero-order valence-electron chi connectivity index (χ0n) is 9.81. The fourth-order valence-corrected chi connectivity index (χ4v) is 2.85. The number of sulfonamides is 1. The van der Waals surface area contributed by atoms with E-state index in [1.54, 1.807) is 7.05 Å². The molecule has 0 spiro atoms. The molecule has 0 aliphatic heterocycles. The maximum Gasteiger partial charge on any atom is 0.240 e. The smallest absolute Gasteiger partial charge is 0.240 e. The van der Waals surface area contributed by atoms with Gasteiger partial charge in [-0.3, -0.25) is 0 Å². The highest BCUT2D eigenvalue weighted by Gasteiger charge is 2.21. The summed E-state index contributed by atoms with van der Waals surface area (Å²) in [4.78, 5) is 4.25. The lowest BCUT2D eigenvalue weighted by Gasteiger charge is -2.25. The second-order valence-corrected chi connectivity index (χ2v) is 6.04. The second-order valence-electron chi connectivity index (χ2n) is 4.28. The third-order valence-electron chi connectivity index (χ3n) is 3.08. The van der Waals surface area contributed by atoms with E-state index in [1.807, 2.05) is 0 Å². The van der Waals surface area contributed by atoms with Crippen molar-refractivity contribution in [3.8, 4) is 0 Å². The van der Waals surface area contributed by atoms with E-state index in [9.17, 15) is 8.42 Å². The molecule has 17 heavy (non-hydrogen) atoms. The van der Waals surface area contributed by atoms with Crippen LogP contribution < -0.4 is 10.0 Å². The monoisotopic (exact) mass is 255 g/mol. The lowest BCUT2D eigenvalue weighted by atomic mass is 9.86. The van der Waals surface area contributed by atoms with Gasteiger partial charge in [0.1, 0.15) is 5.82 Å². The first-order valence-corrected chi connectivity index (χ1v) is 7.23. The van der Waals surface area contributed by atoms with Gasteiger partial charge in [0.15, 0.2) is 0 Å². The zero-order valence-corrected chi connectivity index (χ0v) is 10.6. The maximum absolute atomic E-state index is 12.0. The Morgan fingerprint density at radius 1 is 1.47 bits per heavy atom. The predicted octanol–water partition coefficient (Wildman–Crippen LogP) is 1.20. The van der Waals surface area contributed by atoms with E-state index in [2.05, 4.69) is 15.0 Å². The molecule has 2 N–H and O–H groups in total. The number of pyridine rings is 1. The van der Waals surface area contributed by atoms with Gasteiger partial charge >= 0.3 is 0 Å². The van der Waals surface area contributed by atoms with Crippen LogP contribution in [-0.2, 0) is 10.0 Å². The van der Waals surface area contributed by atoms with Gasteiger partial charge in [-0.05, 0) is 24.8 Å². The topological polar surface area (TPSA) is 71.1 Å². The Morgan fingerprint density at radius 3 is 2.82 bits per heavy atom. The number of rotatable bonds is 5. The van der Waals surface area contributed by atoms with Crippen LogP contribution in [0.5, 0.6) is 0 Å². The van der Waals surface area contributed by atoms with Crippen molar-refractivity contribution in [2.24, 2.45) is 5.92 Å². The van der Waals surface area contributed by atoms with Crippen LogP contribution in [0, 0.1) is 5.92 Å². The third kappa shape index (κ3) is 2.95. The maximum atomic E-state index is 12.0. The first kappa shape index (κ1) is 12.3. The van der Waals surface area contributed by atoms with Gasteiger partial charge in [0.2, 0.25) is 10.0 Å². The molecule has 1 fully saturated rings. The minimum Gasteiger partial charge on any atom is -0.373 e. The van der Waals surface area contributed by atoms with Gasteiger partial charge in [0.25, 0.3) is 0 Å². The van der Waals surface area contributed by atoms with Crippen LogP contribution in [0.2, 0.25) is 0 Å². The first-order chi connectivity index (χ1) is 8.12. The molecule has 0 amide bonds. The summed E-state index contributed by atoms with van der Waals surface area (Å²) in [5.41, 5.74) is 0. The summed E-state index contributed by atoms with van der Waals surface area (Å²) in [6, 6.07) is 3.03. The largest absolute Gasteiger partial charge is 0.373 e. The van der Waals surface area contributed by atoms with Crippen LogP contribution >= 0.6 is 0 Å². The molecule has 94 valence electrons. The number of aromatic nitrogens is 1. The van der Waals surface area contributed by atoms with Crippen molar-refractivity contribution in [1.29, 1.82) is 0 Å². The molecule has 1 heterocycles. The predicted molar refractivity (Wildman–Crippen MR) is 66.3 cm³/mol. The fraction of sp³-hybridized carbons (Fsp3) is 0.545. The van der Waals surface area contributed by atoms with Crippen molar-refractivity contribution in [2.75, 3.05) is 18.9 Å². The SMILES string of the molecule is CNc1cc(S(=O)(=O)NCC2CCC2)ccn1. The van der Waals surface area contributed by atoms with Gasteiger partial charge in [-0.25, -0.2) is 18.1 Å². The van der Waals surface area contributed by atoms with E-state index >= 15 is 0 Å². The molecule has 1 aliphatic carbocycles. The Labute approximate surface area is 102 Å². The lowest BCUT2D eigenvalue weighted by molar-refractivity contribution is 0.316. The third-order valence-corrected chi connectivity index (χ3v) is 4.51.